The number of hydrogen-bond acceptors (Lipinski definition) is 0. The third-order valence-corrected chi connectivity index (χ3v) is 3.30. The maximum atomic E-state index is 2.39. The van der Waals surface area contributed by atoms with Crippen LogP contribution in [0.15, 0.2) is 36.4 Å². The van der Waals surface area contributed by atoms with E-state index >= 15 is 0 Å². The van der Waals surface area contributed by atoms with Gasteiger partial charge in [0.15, 0.2) is 0 Å². The second-order valence-electron chi connectivity index (χ2n) is 4.58. The van der Waals surface area contributed by atoms with Gasteiger partial charge in [-0.3, -0.25) is 0 Å². The minimum Gasteiger partial charge on any atom is -0.0866 e. The zero-order chi connectivity index (χ0) is 9.73. The fourth-order valence-corrected chi connectivity index (χ4v) is 1.94. The fourth-order valence-electron chi connectivity index (χ4n) is 1.11. The van der Waals surface area contributed by atoms with Gasteiger partial charge in [0.05, 0.1) is 0 Å². The van der Waals surface area contributed by atoms with Crippen LogP contribution in [-0.2, 0) is 0 Å². The molecule has 0 amide bonds. The van der Waals surface area contributed by atoms with E-state index in [1.807, 2.05) is 0 Å². The van der Waals surface area contributed by atoms with Gasteiger partial charge in [-0.25, -0.2) is 0 Å². The van der Waals surface area contributed by atoms with Gasteiger partial charge in [0.1, 0.15) is 0 Å². The molecular formula is C12H18Si. The number of allylic oxidation sites excluding steroid dienone is 1. The van der Waals surface area contributed by atoms with Crippen molar-refractivity contribution in [2.24, 2.45) is 0 Å². The normalized spacial score (nSPS) is 12.2. The summed E-state index contributed by atoms with van der Waals surface area (Å²) < 4.78 is 0. The number of hydrogen-bond donors (Lipinski definition) is 0. The van der Waals surface area contributed by atoms with Gasteiger partial charge in [-0.1, -0.05) is 62.1 Å². The SMILES string of the molecule is C[Si](C)(C)CC=Cc1ccccc1. The lowest BCUT2D eigenvalue weighted by Gasteiger charge is -2.11. The van der Waals surface area contributed by atoms with Crippen LogP contribution in [0, 0.1) is 0 Å². The third kappa shape index (κ3) is 4.68. The average Bonchev–Trinajstić information content (AvgIpc) is 2.04. The van der Waals surface area contributed by atoms with E-state index in [0.29, 0.717) is 0 Å². The first kappa shape index (κ1) is 10.3. The Morgan fingerprint density at radius 3 is 2.23 bits per heavy atom. The molecule has 0 aromatic heterocycles. The molecule has 1 rings (SSSR count). The largest absolute Gasteiger partial charge is 0.0866 e. The molecule has 1 aromatic carbocycles. The molecule has 0 aliphatic rings. The van der Waals surface area contributed by atoms with E-state index in [1.54, 1.807) is 0 Å². The van der Waals surface area contributed by atoms with Crippen LogP contribution in [0.5, 0.6) is 0 Å². The van der Waals surface area contributed by atoms with Crippen molar-refractivity contribution in [1.29, 1.82) is 0 Å². The Kier molecular flexibility index (Phi) is 3.49. The molecule has 0 heterocycles. The van der Waals surface area contributed by atoms with Gasteiger partial charge >= 0.3 is 0 Å². The van der Waals surface area contributed by atoms with Gasteiger partial charge in [-0.15, -0.1) is 0 Å². The molecule has 0 atom stereocenters. The molecule has 13 heavy (non-hydrogen) atoms. The summed E-state index contributed by atoms with van der Waals surface area (Å²) in [5, 5.41) is 0. The van der Waals surface area contributed by atoms with Crippen molar-refractivity contribution >= 4 is 14.1 Å². The summed E-state index contributed by atoms with van der Waals surface area (Å²) in [7, 11) is -0.898. The average molecular weight is 190 g/mol. The van der Waals surface area contributed by atoms with Crippen molar-refractivity contribution < 1.29 is 0 Å². The van der Waals surface area contributed by atoms with Crippen LogP contribution in [0.1, 0.15) is 5.56 Å². The Labute approximate surface area is 82.3 Å². The lowest BCUT2D eigenvalue weighted by Crippen LogP contribution is -2.17. The maximum absolute atomic E-state index is 2.39. The van der Waals surface area contributed by atoms with E-state index in [4.69, 9.17) is 0 Å². The van der Waals surface area contributed by atoms with Crippen molar-refractivity contribution in [2.45, 2.75) is 25.7 Å². The van der Waals surface area contributed by atoms with Crippen LogP contribution in [0.25, 0.3) is 6.08 Å². The summed E-state index contributed by atoms with van der Waals surface area (Å²) in [5.41, 5.74) is 1.31. The highest BCUT2D eigenvalue weighted by Crippen LogP contribution is 2.10. The van der Waals surface area contributed by atoms with Gasteiger partial charge in [-0.05, 0) is 11.6 Å². The summed E-state index contributed by atoms with van der Waals surface area (Å²) in [6.45, 7) is 7.17. The monoisotopic (exact) mass is 190 g/mol. The molecule has 70 valence electrons. The first-order valence-electron chi connectivity index (χ1n) is 4.79. The number of rotatable bonds is 3. The van der Waals surface area contributed by atoms with Crippen molar-refractivity contribution in [1.82, 2.24) is 0 Å². The van der Waals surface area contributed by atoms with E-state index < -0.39 is 8.07 Å². The predicted octanol–water partition coefficient (Wildman–Crippen LogP) is 4.04. The van der Waals surface area contributed by atoms with Crippen LogP contribution in [-0.4, -0.2) is 8.07 Å². The Hall–Kier alpha value is -0.823. The second-order valence-corrected chi connectivity index (χ2v) is 10.1. The Morgan fingerprint density at radius 2 is 1.69 bits per heavy atom. The lowest BCUT2D eigenvalue weighted by atomic mass is 10.2. The summed E-state index contributed by atoms with van der Waals surface area (Å²) >= 11 is 0. The topological polar surface area (TPSA) is 0 Å². The van der Waals surface area contributed by atoms with E-state index in [-0.39, 0.29) is 0 Å². The van der Waals surface area contributed by atoms with E-state index in [9.17, 15) is 0 Å². The molecule has 0 N–H and O–H groups in total. The Bertz CT molecular complexity index is 267. The molecule has 0 aliphatic heterocycles. The quantitative estimate of drug-likeness (QED) is 0.631. The maximum Gasteiger partial charge on any atom is 0.0480 e. The minimum absolute atomic E-state index is 0.898. The van der Waals surface area contributed by atoms with Gasteiger partial charge in [0.25, 0.3) is 0 Å². The molecular weight excluding hydrogens is 172 g/mol. The van der Waals surface area contributed by atoms with Crippen LogP contribution >= 0.6 is 0 Å². The molecule has 0 fully saturated rings. The minimum atomic E-state index is -0.898. The van der Waals surface area contributed by atoms with Gasteiger partial charge in [0.2, 0.25) is 0 Å². The summed E-state index contributed by atoms with van der Waals surface area (Å²) in [6.07, 6.45) is 4.53. The first-order chi connectivity index (χ1) is 6.08. The van der Waals surface area contributed by atoms with Crippen LogP contribution < -0.4 is 0 Å². The van der Waals surface area contributed by atoms with E-state index in [1.165, 1.54) is 11.6 Å². The van der Waals surface area contributed by atoms with E-state index in [2.05, 4.69) is 62.1 Å². The molecule has 0 aliphatic carbocycles. The van der Waals surface area contributed by atoms with Crippen molar-refractivity contribution in [2.75, 3.05) is 0 Å². The molecule has 0 nitrogen and oxygen atoms in total. The Morgan fingerprint density at radius 1 is 1.08 bits per heavy atom. The molecule has 1 heteroatoms. The smallest absolute Gasteiger partial charge is 0.0480 e. The second kappa shape index (κ2) is 4.42. The molecule has 0 bridgehead atoms. The zero-order valence-electron chi connectivity index (χ0n) is 8.75. The highest BCUT2D eigenvalue weighted by atomic mass is 28.3. The van der Waals surface area contributed by atoms with Crippen molar-refractivity contribution in [3.8, 4) is 0 Å². The van der Waals surface area contributed by atoms with Gasteiger partial charge in [-0.2, -0.15) is 0 Å². The zero-order valence-corrected chi connectivity index (χ0v) is 9.75. The molecule has 0 saturated heterocycles. The first-order valence-corrected chi connectivity index (χ1v) is 8.50. The molecule has 0 saturated carbocycles. The third-order valence-electron chi connectivity index (χ3n) is 1.84. The lowest BCUT2D eigenvalue weighted by molar-refractivity contribution is 1.52. The van der Waals surface area contributed by atoms with Gasteiger partial charge in [0, 0.05) is 8.07 Å². The fraction of sp³-hybridized carbons (Fsp3) is 0.333. The Balaban J connectivity index is 2.51. The molecule has 0 radical (unpaired) electrons. The van der Waals surface area contributed by atoms with Gasteiger partial charge < -0.3 is 0 Å². The van der Waals surface area contributed by atoms with Crippen LogP contribution in [0.2, 0.25) is 25.7 Å². The van der Waals surface area contributed by atoms with Crippen molar-refractivity contribution in [3.63, 3.8) is 0 Å². The highest BCUT2D eigenvalue weighted by Gasteiger charge is 2.09. The predicted molar refractivity (Wildman–Crippen MR) is 63.6 cm³/mol. The standard InChI is InChI=1S/C12H18Si/c1-13(2,3)11-7-10-12-8-5-4-6-9-12/h4-10H,11H2,1-3H3. The number of benzene rings is 1. The molecule has 0 spiro atoms. The molecule has 1 aromatic rings. The summed E-state index contributed by atoms with van der Waals surface area (Å²) in [4.78, 5) is 0. The summed E-state index contributed by atoms with van der Waals surface area (Å²) in [6, 6.07) is 11.8. The van der Waals surface area contributed by atoms with Crippen molar-refractivity contribution in [3.05, 3.63) is 42.0 Å². The highest BCUT2D eigenvalue weighted by molar-refractivity contribution is 6.76. The van der Waals surface area contributed by atoms with Crippen LogP contribution in [0.3, 0.4) is 0 Å². The molecule has 0 unspecified atom stereocenters. The van der Waals surface area contributed by atoms with Crippen LogP contribution in [0.4, 0.5) is 0 Å². The summed E-state index contributed by atoms with van der Waals surface area (Å²) in [5.74, 6) is 0. The van der Waals surface area contributed by atoms with E-state index in [0.717, 1.165) is 0 Å².